The van der Waals surface area contributed by atoms with Crippen LogP contribution in [-0.2, 0) is 11.2 Å². The molecule has 0 aromatic heterocycles. The van der Waals surface area contributed by atoms with Crippen LogP contribution in [0.1, 0.15) is 17.5 Å². The zero-order chi connectivity index (χ0) is 20.1. The molecule has 7 heteroatoms. The van der Waals surface area contributed by atoms with Gasteiger partial charge in [-0.15, -0.1) is 0 Å². The van der Waals surface area contributed by atoms with Gasteiger partial charge in [0.25, 0.3) is 5.91 Å². The molecule has 3 rings (SSSR count). The first kappa shape index (κ1) is 19.7. The minimum absolute atomic E-state index is 0.0893. The Labute approximate surface area is 167 Å². The van der Waals surface area contributed by atoms with E-state index in [-0.39, 0.29) is 12.5 Å². The maximum atomic E-state index is 14.4. The first-order chi connectivity index (χ1) is 13.5. The highest BCUT2D eigenvalue weighted by molar-refractivity contribution is 6.30. The molecule has 0 unspecified atom stereocenters. The Morgan fingerprint density at radius 1 is 1.36 bits per heavy atom. The first-order valence-corrected chi connectivity index (χ1v) is 9.06. The SMILES string of the molecule is COc1cc(/C=C/C(=O)N2CCCc3cc(Cl)cc(F)c32)ccc1OCC#N. The summed E-state index contributed by atoms with van der Waals surface area (Å²) < 4.78 is 24.9. The minimum atomic E-state index is -0.496. The Morgan fingerprint density at radius 3 is 2.93 bits per heavy atom. The van der Waals surface area contributed by atoms with E-state index in [1.807, 2.05) is 6.07 Å². The van der Waals surface area contributed by atoms with Crippen molar-refractivity contribution in [2.45, 2.75) is 12.8 Å². The molecule has 0 saturated heterocycles. The molecular weight excluding hydrogens is 383 g/mol. The van der Waals surface area contributed by atoms with Crippen molar-refractivity contribution in [2.75, 3.05) is 25.2 Å². The smallest absolute Gasteiger partial charge is 0.251 e. The summed E-state index contributed by atoms with van der Waals surface area (Å²) in [4.78, 5) is 14.1. The highest BCUT2D eigenvalue weighted by Crippen LogP contribution is 2.33. The Morgan fingerprint density at radius 2 is 2.18 bits per heavy atom. The molecule has 0 bridgehead atoms. The van der Waals surface area contributed by atoms with Gasteiger partial charge in [-0.05, 0) is 54.3 Å². The lowest BCUT2D eigenvalue weighted by Crippen LogP contribution is -2.35. The van der Waals surface area contributed by atoms with E-state index in [0.717, 1.165) is 12.0 Å². The number of carbonyl (C=O) groups is 1. The maximum absolute atomic E-state index is 14.4. The van der Waals surface area contributed by atoms with Crippen LogP contribution < -0.4 is 14.4 Å². The first-order valence-electron chi connectivity index (χ1n) is 8.68. The van der Waals surface area contributed by atoms with Gasteiger partial charge in [0.2, 0.25) is 0 Å². The second-order valence-corrected chi connectivity index (χ2v) is 6.62. The zero-order valence-corrected chi connectivity index (χ0v) is 16.0. The third kappa shape index (κ3) is 4.26. The predicted octanol–water partition coefficient (Wildman–Crippen LogP) is 4.38. The number of rotatable bonds is 5. The number of ether oxygens (including phenoxy) is 2. The molecule has 0 saturated carbocycles. The van der Waals surface area contributed by atoms with Crippen molar-refractivity contribution in [3.8, 4) is 17.6 Å². The maximum Gasteiger partial charge on any atom is 0.251 e. The Bertz CT molecular complexity index is 969. The van der Waals surface area contributed by atoms with E-state index in [9.17, 15) is 9.18 Å². The Balaban J connectivity index is 1.81. The van der Waals surface area contributed by atoms with Crippen LogP contribution in [-0.4, -0.2) is 26.2 Å². The minimum Gasteiger partial charge on any atom is -0.493 e. The fourth-order valence-electron chi connectivity index (χ4n) is 3.15. The zero-order valence-electron chi connectivity index (χ0n) is 15.2. The number of hydrogen-bond acceptors (Lipinski definition) is 4. The molecule has 1 aliphatic rings. The third-order valence-electron chi connectivity index (χ3n) is 4.37. The van der Waals surface area contributed by atoms with Crippen LogP contribution in [0.3, 0.4) is 0 Å². The van der Waals surface area contributed by atoms with Crippen LogP contribution in [0.2, 0.25) is 5.02 Å². The Kier molecular flexibility index (Phi) is 6.17. The van der Waals surface area contributed by atoms with Gasteiger partial charge >= 0.3 is 0 Å². The molecule has 1 aliphatic heterocycles. The van der Waals surface area contributed by atoms with Crippen LogP contribution in [0.5, 0.6) is 11.5 Å². The summed E-state index contributed by atoms with van der Waals surface area (Å²) >= 11 is 5.93. The van der Waals surface area contributed by atoms with Gasteiger partial charge in [-0.1, -0.05) is 17.7 Å². The van der Waals surface area contributed by atoms with Crippen LogP contribution >= 0.6 is 11.6 Å². The Hall–Kier alpha value is -3.04. The number of carbonyl (C=O) groups excluding carboxylic acids is 1. The molecule has 0 spiro atoms. The molecule has 5 nitrogen and oxygen atoms in total. The number of aryl methyl sites for hydroxylation is 1. The van der Waals surface area contributed by atoms with E-state index in [0.29, 0.717) is 40.7 Å². The average Bonchev–Trinajstić information content (AvgIpc) is 2.69. The van der Waals surface area contributed by atoms with Gasteiger partial charge in [0.1, 0.15) is 11.9 Å². The molecule has 2 aromatic carbocycles. The number of methoxy groups -OCH3 is 1. The molecule has 0 N–H and O–H groups in total. The van der Waals surface area contributed by atoms with Gasteiger partial charge in [0.05, 0.1) is 12.8 Å². The molecule has 0 atom stereocenters. The highest BCUT2D eigenvalue weighted by Gasteiger charge is 2.25. The highest BCUT2D eigenvalue weighted by atomic mass is 35.5. The third-order valence-corrected chi connectivity index (χ3v) is 4.59. The van der Waals surface area contributed by atoms with Gasteiger partial charge in [-0.2, -0.15) is 5.26 Å². The normalized spacial score (nSPS) is 13.1. The predicted molar refractivity (Wildman–Crippen MR) is 105 cm³/mol. The van der Waals surface area contributed by atoms with Crippen molar-refractivity contribution < 1.29 is 18.7 Å². The van der Waals surface area contributed by atoms with Crippen molar-refractivity contribution >= 4 is 29.3 Å². The summed E-state index contributed by atoms with van der Waals surface area (Å²) in [5.74, 6) is 0.0841. The van der Waals surface area contributed by atoms with Crippen molar-refractivity contribution in [3.05, 3.63) is 58.4 Å². The van der Waals surface area contributed by atoms with Gasteiger partial charge in [0.15, 0.2) is 18.1 Å². The van der Waals surface area contributed by atoms with Crippen LogP contribution in [0, 0.1) is 17.1 Å². The summed E-state index contributed by atoms with van der Waals surface area (Å²) in [7, 11) is 1.49. The van der Waals surface area contributed by atoms with E-state index >= 15 is 0 Å². The monoisotopic (exact) mass is 400 g/mol. The van der Waals surface area contributed by atoms with E-state index in [1.54, 1.807) is 30.3 Å². The number of halogens is 2. The van der Waals surface area contributed by atoms with Crippen LogP contribution in [0.15, 0.2) is 36.4 Å². The lowest BCUT2D eigenvalue weighted by molar-refractivity contribution is -0.114. The van der Waals surface area contributed by atoms with Crippen molar-refractivity contribution in [1.29, 1.82) is 5.26 Å². The molecule has 144 valence electrons. The van der Waals surface area contributed by atoms with Gasteiger partial charge in [-0.3, -0.25) is 4.79 Å². The lowest BCUT2D eigenvalue weighted by Gasteiger charge is -2.29. The van der Waals surface area contributed by atoms with E-state index in [1.165, 1.54) is 24.2 Å². The number of fused-ring (bicyclic) bond motifs is 1. The van der Waals surface area contributed by atoms with E-state index in [2.05, 4.69) is 0 Å². The quantitative estimate of drug-likeness (QED) is 0.698. The summed E-state index contributed by atoms with van der Waals surface area (Å²) in [6, 6.07) is 9.92. The molecule has 1 amide bonds. The molecule has 0 fully saturated rings. The number of nitrogens with zero attached hydrogens (tertiary/aromatic N) is 2. The molecule has 0 aliphatic carbocycles. The van der Waals surface area contributed by atoms with E-state index < -0.39 is 5.82 Å². The largest absolute Gasteiger partial charge is 0.493 e. The van der Waals surface area contributed by atoms with Crippen molar-refractivity contribution in [2.24, 2.45) is 0 Å². The molecule has 1 heterocycles. The molecular formula is C21H18ClFN2O3. The van der Waals surface area contributed by atoms with Gasteiger partial charge in [0, 0.05) is 17.6 Å². The molecule has 2 aromatic rings. The van der Waals surface area contributed by atoms with Gasteiger partial charge in [-0.25, -0.2) is 4.39 Å². The summed E-state index contributed by atoms with van der Waals surface area (Å²) in [5, 5.41) is 8.94. The molecule has 28 heavy (non-hydrogen) atoms. The summed E-state index contributed by atoms with van der Waals surface area (Å²) in [6.45, 7) is 0.354. The number of nitriles is 1. The second kappa shape index (κ2) is 8.77. The van der Waals surface area contributed by atoms with Crippen molar-refractivity contribution in [1.82, 2.24) is 0 Å². The van der Waals surface area contributed by atoms with Crippen molar-refractivity contribution in [3.63, 3.8) is 0 Å². The summed E-state index contributed by atoms with van der Waals surface area (Å²) in [5.41, 5.74) is 1.74. The number of hydrogen-bond donors (Lipinski definition) is 0. The standard InChI is InChI=1S/C21H18ClFN2O3/c1-27-19-11-14(4-6-18(19)28-10-8-24)5-7-20(26)25-9-2-3-15-12-16(22)13-17(23)21(15)25/h4-7,11-13H,2-3,9-10H2,1H3/b7-5+. The molecule has 0 radical (unpaired) electrons. The van der Waals surface area contributed by atoms with Crippen LogP contribution in [0.4, 0.5) is 10.1 Å². The number of amides is 1. The number of anilines is 1. The lowest BCUT2D eigenvalue weighted by atomic mass is 10.0. The number of benzene rings is 2. The average molecular weight is 401 g/mol. The van der Waals surface area contributed by atoms with Crippen LogP contribution in [0.25, 0.3) is 6.08 Å². The van der Waals surface area contributed by atoms with E-state index in [4.69, 9.17) is 26.3 Å². The fourth-order valence-corrected chi connectivity index (χ4v) is 3.37. The van der Waals surface area contributed by atoms with Gasteiger partial charge < -0.3 is 14.4 Å². The fraction of sp³-hybridized carbons (Fsp3) is 0.238. The summed E-state index contributed by atoms with van der Waals surface area (Å²) in [6.07, 6.45) is 4.45. The topological polar surface area (TPSA) is 62.6 Å². The second-order valence-electron chi connectivity index (χ2n) is 6.18.